The first kappa shape index (κ1) is 14.3. The van der Waals surface area contributed by atoms with Crippen LogP contribution in [0.4, 0.5) is 5.69 Å². The van der Waals surface area contributed by atoms with Crippen molar-refractivity contribution in [2.24, 2.45) is 0 Å². The number of aryl methyl sites for hydroxylation is 1. The molecule has 19 heavy (non-hydrogen) atoms. The highest BCUT2D eigenvalue weighted by Gasteiger charge is 2.34. The summed E-state index contributed by atoms with van der Waals surface area (Å²) in [4.78, 5) is 0.289. The first-order chi connectivity index (χ1) is 8.72. The second-order valence-corrected chi connectivity index (χ2v) is 7.40. The minimum atomic E-state index is -3.47. The Morgan fingerprint density at radius 2 is 2.05 bits per heavy atom. The van der Waals surface area contributed by atoms with Gasteiger partial charge in [-0.3, -0.25) is 0 Å². The maximum atomic E-state index is 12.6. The second-order valence-electron chi connectivity index (χ2n) is 5.47. The quantitative estimate of drug-likeness (QED) is 0.833. The van der Waals surface area contributed by atoms with Gasteiger partial charge >= 0.3 is 0 Å². The monoisotopic (exact) mass is 284 g/mol. The molecule has 2 N–H and O–H groups in total. The van der Waals surface area contributed by atoms with Gasteiger partial charge in [0.15, 0.2) is 0 Å². The number of hydrogen-bond donors (Lipinski definition) is 1. The summed E-state index contributed by atoms with van der Waals surface area (Å²) in [6.45, 7) is 6.75. The highest BCUT2D eigenvalue weighted by molar-refractivity contribution is 7.89. The van der Waals surface area contributed by atoms with E-state index in [1.807, 2.05) is 13.8 Å². The molecule has 0 aliphatic carbocycles. The number of morpholine rings is 1. The lowest BCUT2D eigenvalue weighted by Gasteiger charge is -2.37. The second kappa shape index (κ2) is 4.77. The molecule has 1 aromatic rings. The van der Waals surface area contributed by atoms with Crippen molar-refractivity contribution in [3.63, 3.8) is 0 Å². The molecule has 0 radical (unpaired) electrons. The third-order valence-electron chi connectivity index (χ3n) is 3.27. The Bertz CT molecular complexity index is 582. The molecule has 106 valence electrons. The van der Waals surface area contributed by atoms with Crippen molar-refractivity contribution in [1.82, 2.24) is 4.31 Å². The largest absolute Gasteiger partial charge is 0.399 e. The summed E-state index contributed by atoms with van der Waals surface area (Å²) in [5.74, 6) is 0. The lowest BCUT2D eigenvalue weighted by atomic mass is 10.1. The maximum absolute atomic E-state index is 12.6. The van der Waals surface area contributed by atoms with E-state index in [-0.39, 0.29) is 4.90 Å². The van der Waals surface area contributed by atoms with E-state index in [4.69, 9.17) is 10.5 Å². The van der Waals surface area contributed by atoms with Crippen LogP contribution in [0.5, 0.6) is 0 Å². The third-order valence-corrected chi connectivity index (χ3v) is 5.11. The van der Waals surface area contributed by atoms with E-state index in [1.54, 1.807) is 25.1 Å². The summed E-state index contributed by atoms with van der Waals surface area (Å²) < 4.78 is 32.2. The van der Waals surface area contributed by atoms with E-state index in [2.05, 4.69) is 0 Å². The Kier molecular flexibility index (Phi) is 3.59. The van der Waals surface area contributed by atoms with Crippen molar-refractivity contribution >= 4 is 15.7 Å². The maximum Gasteiger partial charge on any atom is 0.243 e. The molecule has 1 aliphatic heterocycles. The fraction of sp³-hybridized carbons (Fsp3) is 0.538. The number of benzene rings is 1. The molecule has 1 fully saturated rings. The minimum Gasteiger partial charge on any atom is -0.399 e. The van der Waals surface area contributed by atoms with E-state index in [0.717, 1.165) is 5.56 Å². The van der Waals surface area contributed by atoms with Gasteiger partial charge in [-0.2, -0.15) is 4.31 Å². The molecular weight excluding hydrogens is 264 g/mol. The molecule has 5 nitrogen and oxygen atoms in total. The molecule has 0 unspecified atom stereocenters. The molecule has 1 aliphatic rings. The smallest absolute Gasteiger partial charge is 0.243 e. The van der Waals surface area contributed by atoms with Crippen molar-refractivity contribution in [1.29, 1.82) is 0 Å². The average molecular weight is 284 g/mol. The number of nitrogens with two attached hydrogens (primary N) is 1. The standard InChI is InChI=1S/C13H20N2O3S/c1-10-8-11(4-5-12(10)14)19(16,17)15-6-7-18-13(2,3)9-15/h4-5,8H,6-7,9,14H2,1-3H3. The number of rotatable bonds is 2. The van der Waals surface area contributed by atoms with E-state index in [1.165, 1.54) is 4.31 Å². The van der Waals surface area contributed by atoms with Crippen LogP contribution in [0.15, 0.2) is 23.1 Å². The molecule has 0 atom stereocenters. The van der Waals surface area contributed by atoms with Crippen LogP contribution < -0.4 is 5.73 Å². The van der Waals surface area contributed by atoms with Gasteiger partial charge < -0.3 is 10.5 Å². The molecule has 0 spiro atoms. The average Bonchev–Trinajstić information content (AvgIpc) is 2.31. The van der Waals surface area contributed by atoms with Gasteiger partial charge in [0, 0.05) is 18.8 Å². The highest BCUT2D eigenvalue weighted by atomic mass is 32.2. The summed E-state index contributed by atoms with van der Waals surface area (Å²) in [7, 11) is -3.47. The van der Waals surface area contributed by atoms with Crippen molar-refractivity contribution in [3.8, 4) is 0 Å². The van der Waals surface area contributed by atoms with Gasteiger partial charge in [-0.05, 0) is 44.5 Å². The number of sulfonamides is 1. The summed E-state index contributed by atoms with van der Waals surface area (Å²) in [5.41, 5.74) is 6.65. The molecule has 0 saturated carbocycles. The zero-order chi connectivity index (χ0) is 14.3. The highest BCUT2D eigenvalue weighted by Crippen LogP contribution is 2.25. The Balaban J connectivity index is 2.34. The zero-order valence-corrected chi connectivity index (χ0v) is 12.3. The Hall–Kier alpha value is -1.11. The van der Waals surface area contributed by atoms with Crippen molar-refractivity contribution in [3.05, 3.63) is 23.8 Å². The molecular formula is C13H20N2O3S. The zero-order valence-electron chi connectivity index (χ0n) is 11.5. The summed E-state index contributed by atoms with van der Waals surface area (Å²) >= 11 is 0. The van der Waals surface area contributed by atoms with E-state index < -0.39 is 15.6 Å². The third kappa shape index (κ3) is 2.91. The van der Waals surface area contributed by atoms with Gasteiger partial charge in [0.2, 0.25) is 10.0 Å². The van der Waals surface area contributed by atoms with Crippen molar-refractivity contribution < 1.29 is 13.2 Å². The molecule has 1 saturated heterocycles. The number of hydrogen-bond acceptors (Lipinski definition) is 4. The number of nitrogen functional groups attached to an aromatic ring is 1. The molecule has 1 heterocycles. The Morgan fingerprint density at radius 1 is 1.37 bits per heavy atom. The molecule has 0 bridgehead atoms. The predicted octanol–water partition coefficient (Wildman–Crippen LogP) is 1.38. The molecule has 0 aromatic heterocycles. The Labute approximate surface area is 114 Å². The summed E-state index contributed by atoms with van der Waals surface area (Å²) in [5, 5.41) is 0. The molecule has 6 heteroatoms. The van der Waals surface area contributed by atoms with Crippen LogP contribution in [-0.2, 0) is 14.8 Å². The van der Waals surface area contributed by atoms with Crippen LogP contribution in [0.25, 0.3) is 0 Å². The fourth-order valence-electron chi connectivity index (χ4n) is 2.14. The van der Waals surface area contributed by atoms with E-state index in [0.29, 0.717) is 25.4 Å². The van der Waals surface area contributed by atoms with Crippen LogP contribution in [0, 0.1) is 6.92 Å². The van der Waals surface area contributed by atoms with Crippen LogP contribution in [0.2, 0.25) is 0 Å². The number of anilines is 1. The molecule has 2 rings (SSSR count). The van der Waals surface area contributed by atoms with Gasteiger partial charge in [-0.15, -0.1) is 0 Å². The van der Waals surface area contributed by atoms with Crippen LogP contribution in [0.1, 0.15) is 19.4 Å². The van der Waals surface area contributed by atoms with Gasteiger partial charge in [0.25, 0.3) is 0 Å². The summed E-state index contributed by atoms with van der Waals surface area (Å²) in [6.07, 6.45) is 0. The van der Waals surface area contributed by atoms with Gasteiger partial charge in [-0.1, -0.05) is 0 Å². The number of nitrogens with zero attached hydrogens (tertiary/aromatic N) is 1. The lowest BCUT2D eigenvalue weighted by molar-refractivity contribution is -0.0640. The fourth-order valence-corrected chi connectivity index (χ4v) is 3.80. The van der Waals surface area contributed by atoms with Crippen LogP contribution in [0.3, 0.4) is 0 Å². The predicted molar refractivity (Wildman–Crippen MR) is 74.4 cm³/mol. The minimum absolute atomic E-state index is 0.289. The van der Waals surface area contributed by atoms with Crippen molar-refractivity contribution in [2.45, 2.75) is 31.3 Å². The number of ether oxygens (including phenoxy) is 1. The summed E-state index contributed by atoms with van der Waals surface area (Å²) in [6, 6.07) is 4.81. The lowest BCUT2D eigenvalue weighted by Crippen LogP contribution is -2.50. The molecule has 1 aromatic carbocycles. The molecule has 0 amide bonds. The topological polar surface area (TPSA) is 72.6 Å². The van der Waals surface area contributed by atoms with E-state index >= 15 is 0 Å². The normalized spacial score (nSPS) is 20.4. The van der Waals surface area contributed by atoms with Crippen LogP contribution in [-0.4, -0.2) is 38.0 Å². The van der Waals surface area contributed by atoms with Gasteiger partial charge in [0.05, 0.1) is 17.1 Å². The Morgan fingerprint density at radius 3 is 2.63 bits per heavy atom. The van der Waals surface area contributed by atoms with Gasteiger partial charge in [-0.25, -0.2) is 8.42 Å². The first-order valence-electron chi connectivity index (χ1n) is 6.23. The van der Waals surface area contributed by atoms with Gasteiger partial charge in [0.1, 0.15) is 0 Å². The van der Waals surface area contributed by atoms with E-state index in [9.17, 15) is 8.42 Å². The first-order valence-corrected chi connectivity index (χ1v) is 7.67. The van der Waals surface area contributed by atoms with Crippen molar-refractivity contribution in [2.75, 3.05) is 25.4 Å². The SMILES string of the molecule is Cc1cc(S(=O)(=O)N2CCOC(C)(C)C2)ccc1N. The van der Waals surface area contributed by atoms with Crippen LogP contribution >= 0.6 is 0 Å².